The normalized spacial score (nSPS) is 9.94. The number of benzene rings is 1. The van der Waals surface area contributed by atoms with E-state index >= 15 is 0 Å². The Morgan fingerprint density at radius 3 is 2.94 bits per heavy atom. The molecular formula is C12H6IrN3-. The van der Waals surface area contributed by atoms with Crippen LogP contribution in [0.25, 0.3) is 16.4 Å². The number of hydrogen-bond donors (Lipinski definition) is 0. The second-order valence-electron chi connectivity index (χ2n) is 3.29. The van der Waals surface area contributed by atoms with Crippen molar-refractivity contribution in [2.75, 3.05) is 0 Å². The molecule has 0 aliphatic carbocycles. The van der Waals surface area contributed by atoms with Crippen LogP contribution in [-0.4, -0.2) is 9.38 Å². The summed E-state index contributed by atoms with van der Waals surface area (Å²) in [6, 6.07) is 10.8. The van der Waals surface area contributed by atoms with Crippen molar-refractivity contribution in [2.45, 2.75) is 0 Å². The summed E-state index contributed by atoms with van der Waals surface area (Å²) in [5.41, 5.74) is 1.38. The van der Waals surface area contributed by atoms with Gasteiger partial charge in [0.25, 0.3) is 0 Å². The molecular weight excluding hydrogens is 378 g/mol. The topological polar surface area (TPSA) is 41.1 Å². The van der Waals surface area contributed by atoms with E-state index in [4.69, 9.17) is 5.26 Å². The third kappa shape index (κ3) is 1.51. The second-order valence-corrected chi connectivity index (χ2v) is 3.29. The van der Waals surface area contributed by atoms with E-state index in [-0.39, 0.29) is 20.1 Å². The number of aromatic nitrogens is 2. The number of nitrogens with zero attached hydrogens (tertiary/aromatic N) is 3. The molecule has 0 atom stereocenters. The van der Waals surface area contributed by atoms with Crippen LogP contribution in [0.15, 0.2) is 36.8 Å². The van der Waals surface area contributed by atoms with Crippen molar-refractivity contribution in [2.24, 2.45) is 0 Å². The van der Waals surface area contributed by atoms with Crippen LogP contribution >= 0.6 is 0 Å². The molecule has 16 heavy (non-hydrogen) atoms. The first-order valence-electron chi connectivity index (χ1n) is 4.56. The molecule has 3 nitrogen and oxygen atoms in total. The molecule has 0 spiro atoms. The molecule has 2 heterocycles. The summed E-state index contributed by atoms with van der Waals surface area (Å²) in [7, 11) is 0. The van der Waals surface area contributed by atoms with Gasteiger partial charge in [-0.05, 0) is 12.3 Å². The largest absolute Gasteiger partial charge is 0.339 e. The van der Waals surface area contributed by atoms with Crippen LogP contribution in [-0.2, 0) is 20.1 Å². The van der Waals surface area contributed by atoms with Crippen molar-refractivity contribution in [3.05, 3.63) is 48.4 Å². The molecule has 79 valence electrons. The van der Waals surface area contributed by atoms with Crippen LogP contribution < -0.4 is 0 Å². The average Bonchev–Trinajstić information content (AvgIpc) is 2.76. The molecule has 2 aromatic heterocycles. The van der Waals surface area contributed by atoms with Gasteiger partial charge in [-0.25, -0.2) is 5.26 Å². The Bertz CT molecular complexity index is 694. The maximum atomic E-state index is 8.81. The number of imidazole rings is 1. The van der Waals surface area contributed by atoms with Gasteiger partial charge in [0.1, 0.15) is 0 Å². The summed E-state index contributed by atoms with van der Waals surface area (Å²) in [5, 5.41) is 10.8. The molecule has 0 unspecified atom stereocenters. The van der Waals surface area contributed by atoms with Crippen molar-refractivity contribution >= 4 is 16.4 Å². The number of rotatable bonds is 0. The maximum Gasteiger partial charge on any atom is 0.0775 e. The van der Waals surface area contributed by atoms with Gasteiger partial charge in [0.05, 0.1) is 5.65 Å². The number of nitriles is 1. The van der Waals surface area contributed by atoms with Crippen molar-refractivity contribution in [1.82, 2.24) is 9.38 Å². The van der Waals surface area contributed by atoms with E-state index in [2.05, 4.69) is 17.1 Å². The van der Waals surface area contributed by atoms with Crippen molar-refractivity contribution in [1.29, 1.82) is 5.26 Å². The van der Waals surface area contributed by atoms with E-state index in [0.29, 0.717) is 5.56 Å². The zero-order valence-electron chi connectivity index (χ0n) is 8.14. The Kier molecular flexibility index (Phi) is 2.74. The van der Waals surface area contributed by atoms with Gasteiger partial charge >= 0.3 is 0 Å². The van der Waals surface area contributed by atoms with E-state index in [1.165, 1.54) is 0 Å². The zero-order chi connectivity index (χ0) is 10.3. The molecule has 0 saturated heterocycles. The monoisotopic (exact) mass is 385 g/mol. The standard InChI is InChI=1S/C12H6N3.Ir/c13-8-9-1-2-10-3-5-15-6-4-14-12(15)11(10)7-9;/h1-6H;/q-1;. The van der Waals surface area contributed by atoms with Crippen molar-refractivity contribution < 1.29 is 20.1 Å². The van der Waals surface area contributed by atoms with Gasteiger partial charge in [-0.1, -0.05) is 22.4 Å². The summed E-state index contributed by atoms with van der Waals surface area (Å²) in [4.78, 5) is 4.24. The van der Waals surface area contributed by atoms with E-state index in [1.54, 1.807) is 12.3 Å². The van der Waals surface area contributed by atoms with Gasteiger partial charge in [0.2, 0.25) is 0 Å². The molecule has 0 fully saturated rings. The number of pyridine rings is 1. The third-order valence-electron chi connectivity index (χ3n) is 2.41. The fraction of sp³-hybridized carbons (Fsp3) is 0. The van der Waals surface area contributed by atoms with Crippen LogP contribution in [0.4, 0.5) is 0 Å². The number of hydrogen-bond acceptors (Lipinski definition) is 2. The molecule has 3 rings (SSSR count). The minimum absolute atomic E-state index is 0. The van der Waals surface area contributed by atoms with E-state index < -0.39 is 0 Å². The van der Waals surface area contributed by atoms with E-state index in [0.717, 1.165) is 16.4 Å². The molecule has 0 amide bonds. The predicted octanol–water partition coefficient (Wildman–Crippen LogP) is 2.16. The second kappa shape index (κ2) is 4.05. The van der Waals surface area contributed by atoms with Crippen LogP contribution in [0.5, 0.6) is 0 Å². The van der Waals surface area contributed by atoms with Crippen molar-refractivity contribution in [3.63, 3.8) is 0 Å². The van der Waals surface area contributed by atoms with Gasteiger partial charge in [0, 0.05) is 32.5 Å². The summed E-state index contributed by atoms with van der Waals surface area (Å²) < 4.78 is 1.92. The van der Waals surface area contributed by atoms with Gasteiger partial charge in [-0.3, -0.25) is 4.98 Å². The Labute approximate surface area is 106 Å². The molecule has 3 aromatic rings. The molecule has 0 bridgehead atoms. The SMILES string of the molecule is N#Cc1[c-]c2c(cc1)ccn1ccnc21.[Ir]. The van der Waals surface area contributed by atoms with Crippen molar-refractivity contribution in [3.8, 4) is 6.07 Å². The molecule has 0 aliphatic rings. The molecule has 1 radical (unpaired) electrons. The third-order valence-corrected chi connectivity index (χ3v) is 2.41. The Morgan fingerprint density at radius 1 is 1.25 bits per heavy atom. The smallest absolute Gasteiger partial charge is 0.0775 e. The quantitative estimate of drug-likeness (QED) is 0.558. The average molecular weight is 384 g/mol. The first-order chi connectivity index (χ1) is 7.38. The summed E-state index contributed by atoms with van der Waals surface area (Å²) in [6.45, 7) is 0. The van der Waals surface area contributed by atoms with Crippen LogP contribution in [0.1, 0.15) is 5.56 Å². The fourth-order valence-electron chi connectivity index (χ4n) is 1.68. The minimum atomic E-state index is 0. The van der Waals surface area contributed by atoms with Crippen LogP contribution in [0.2, 0.25) is 0 Å². The Morgan fingerprint density at radius 2 is 2.12 bits per heavy atom. The molecule has 1 aromatic carbocycles. The first-order valence-corrected chi connectivity index (χ1v) is 4.56. The zero-order valence-corrected chi connectivity index (χ0v) is 10.5. The Balaban J connectivity index is 0.000000963. The van der Waals surface area contributed by atoms with Gasteiger partial charge in [-0.2, -0.15) is 0 Å². The molecule has 0 aliphatic heterocycles. The Hall–Kier alpha value is -1.69. The summed E-state index contributed by atoms with van der Waals surface area (Å²) in [5.74, 6) is 0. The predicted molar refractivity (Wildman–Crippen MR) is 56.2 cm³/mol. The van der Waals surface area contributed by atoms with Gasteiger partial charge in [-0.15, -0.1) is 18.2 Å². The minimum Gasteiger partial charge on any atom is -0.339 e. The van der Waals surface area contributed by atoms with Gasteiger partial charge in [0.15, 0.2) is 0 Å². The van der Waals surface area contributed by atoms with Gasteiger partial charge < -0.3 is 4.40 Å². The fourth-order valence-corrected chi connectivity index (χ4v) is 1.68. The van der Waals surface area contributed by atoms with Crippen LogP contribution in [0, 0.1) is 17.4 Å². The summed E-state index contributed by atoms with van der Waals surface area (Å²) in [6.07, 6.45) is 5.56. The molecule has 0 N–H and O–H groups in total. The molecule has 0 saturated carbocycles. The summed E-state index contributed by atoms with van der Waals surface area (Å²) >= 11 is 0. The molecule has 4 heteroatoms. The van der Waals surface area contributed by atoms with Crippen LogP contribution in [0.3, 0.4) is 0 Å². The number of fused-ring (bicyclic) bond motifs is 3. The first kappa shape index (κ1) is 10.8. The van der Waals surface area contributed by atoms with E-state index in [9.17, 15) is 0 Å². The maximum absolute atomic E-state index is 8.81. The van der Waals surface area contributed by atoms with E-state index in [1.807, 2.05) is 28.9 Å².